The predicted molar refractivity (Wildman–Crippen MR) is 72.3 cm³/mol. The highest BCUT2D eigenvalue weighted by atomic mass is 16.5. The van der Waals surface area contributed by atoms with E-state index in [0.717, 1.165) is 31.7 Å². The minimum atomic E-state index is 0.780. The van der Waals surface area contributed by atoms with Crippen LogP contribution in [0.4, 0.5) is 0 Å². The molecule has 2 aliphatic rings. The summed E-state index contributed by atoms with van der Waals surface area (Å²) >= 11 is 0. The minimum Gasteiger partial charge on any atom is -0.380 e. The Morgan fingerprint density at radius 3 is 2.18 bits per heavy atom. The van der Waals surface area contributed by atoms with Crippen molar-refractivity contribution in [2.24, 2.45) is 5.92 Å². The van der Waals surface area contributed by atoms with E-state index in [1.54, 1.807) is 0 Å². The van der Waals surface area contributed by atoms with Crippen LogP contribution in [0.1, 0.15) is 64.2 Å². The number of rotatable bonds is 6. The lowest BCUT2D eigenvalue weighted by Crippen LogP contribution is -2.33. The van der Waals surface area contributed by atoms with Crippen molar-refractivity contribution in [3.05, 3.63) is 0 Å². The summed E-state index contributed by atoms with van der Waals surface area (Å²) in [5.74, 6) is 0.860. The van der Waals surface area contributed by atoms with Crippen LogP contribution in [-0.2, 0) is 4.74 Å². The monoisotopic (exact) mass is 239 g/mol. The smallest absolute Gasteiger partial charge is 0.0591 e. The van der Waals surface area contributed by atoms with Crippen molar-refractivity contribution in [1.82, 2.24) is 5.32 Å². The zero-order valence-corrected chi connectivity index (χ0v) is 11.3. The molecule has 100 valence electrons. The first kappa shape index (κ1) is 13.4. The van der Waals surface area contributed by atoms with Crippen molar-refractivity contribution in [2.75, 3.05) is 19.8 Å². The van der Waals surface area contributed by atoms with Gasteiger partial charge < -0.3 is 10.1 Å². The largest absolute Gasteiger partial charge is 0.380 e. The van der Waals surface area contributed by atoms with Crippen LogP contribution in [0.5, 0.6) is 0 Å². The van der Waals surface area contributed by atoms with Crippen LogP contribution in [0.25, 0.3) is 0 Å². The fourth-order valence-corrected chi connectivity index (χ4v) is 3.25. The molecule has 0 spiro atoms. The fraction of sp³-hybridized carbons (Fsp3) is 1.00. The van der Waals surface area contributed by atoms with Gasteiger partial charge in [-0.1, -0.05) is 38.5 Å². The summed E-state index contributed by atoms with van der Waals surface area (Å²) < 4.78 is 5.80. The third-order valence-corrected chi connectivity index (χ3v) is 4.36. The second-order valence-electron chi connectivity index (χ2n) is 5.87. The molecule has 0 bridgehead atoms. The Morgan fingerprint density at radius 2 is 1.47 bits per heavy atom. The molecule has 2 rings (SSSR count). The summed E-state index contributed by atoms with van der Waals surface area (Å²) in [6.07, 6.45) is 14.1. The van der Waals surface area contributed by atoms with Gasteiger partial charge in [0.25, 0.3) is 0 Å². The normalized spacial score (nSPS) is 24.0. The van der Waals surface area contributed by atoms with Gasteiger partial charge in [-0.05, 0) is 31.6 Å². The maximum absolute atomic E-state index is 5.80. The van der Waals surface area contributed by atoms with Crippen LogP contribution in [0.15, 0.2) is 0 Å². The molecule has 0 atom stereocenters. The molecule has 0 amide bonds. The van der Waals surface area contributed by atoms with E-state index in [-0.39, 0.29) is 0 Å². The number of nitrogens with one attached hydrogen (secondary N) is 1. The van der Waals surface area contributed by atoms with Crippen molar-refractivity contribution >= 4 is 0 Å². The highest BCUT2D eigenvalue weighted by Crippen LogP contribution is 2.23. The molecule has 0 aliphatic heterocycles. The Bertz CT molecular complexity index is 163. The van der Waals surface area contributed by atoms with E-state index in [1.165, 1.54) is 64.2 Å². The average molecular weight is 239 g/mol. The Labute approximate surface area is 107 Å². The second kappa shape index (κ2) is 8.10. The van der Waals surface area contributed by atoms with E-state index in [1.807, 2.05) is 0 Å². The van der Waals surface area contributed by atoms with Gasteiger partial charge in [-0.25, -0.2) is 0 Å². The van der Waals surface area contributed by atoms with Gasteiger partial charge in [0.2, 0.25) is 0 Å². The van der Waals surface area contributed by atoms with Gasteiger partial charge in [0.15, 0.2) is 0 Å². The summed E-state index contributed by atoms with van der Waals surface area (Å²) in [5.41, 5.74) is 0. The third-order valence-electron chi connectivity index (χ3n) is 4.36. The number of hydrogen-bond acceptors (Lipinski definition) is 2. The average Bonchev–Trinajstić information content (AvgIpc) is 2.41. The molecule has 0 aromatic rings. The SMILES string of the molecule is C1CCC(COCCNC2CCCCC2)CC1. The quantitative estimate of drug-likeness (QED) is 0.716. The van der Waals surface area contributed by atoms with E-state index in [4.69, 9.17) is 4.74 Å². The molecule has 2 fully saturated rings. The third kappa shape index (κ3) is 5.39. The summed E-state index contributed by atoms with van der Waals surface area (Å²) in [5, 5.41) is 3.63. The van der Waals surface area contributed by atoms with Crippen LogP contribution >= 0.6 is 0 Å². The molecule has 0 unspecified atom stereocenters. The summed E-state index contributed by atoms with van der Waals surface area (Å²) in [6, 6.07) is 0.780. The highest BCUT2D eigenvalue weighted by molar-refractivity contribution is 4.71. The number of ether oxygens (including phenoxy) is 1. The maximum atomic E-state index is 5.80. The Hall–Kier alpha value is -0.0800. The first-order chi connectivity index (χ1) is 8.45. The molecule has 2 aliphatic carbocycles. The standard InChI is InChI=1S/C15H29NO/c1-3-7-14(8-4-1)13-17-12-11-16-15-9-5-2-6-10-15/h14-16H,1-13H2. The lowest BCUT2D eigenvalue weighted by atomic mass is 9.90. The molecular formula is C15H29NO. The van der Waals surface area contributed by atoms with Crippen LogP contribution in [0.3, 0.4) is 0 Å². The van der Waals surface area contributed by atoms with Gasteiger partial charge in [-0.3, -0.25) is 0 Å². The zero-order chi connectivity index (χ0) is 11.8. The van der Waals surface area contributed by atoms with Crippen molar-refractivity contribution in [1.29, 1.82) is 0 Å². The fourth-order valence-electron chi connectivity index (χ4n) is 3.25. The summed E-state index contributed by atoms with van der Waals surface area (Å²) in [4.78, 5) is 0. The Balaban J connectivity index is 1.42. The first-order valence-corrected chi connectivity index (χ1v) is 7.76. The van der Waals surface area contributed by atoms with Crippen molar-refractivity contribution < 1.29 is 4.74 Å². The molecule has 17 heavy (non-hydrogen) atoms. The van der Waals surface area contributed by atoms with Gasteiger partial charge in [0, 0.05) is 19.2 Å². The molecule has 2 saturated carbocycles. The molecule has 0 radical (unpaired) electrons. The molecule has 0 aromatic heterocycles. The van der Waals surface area contributed by atoms with Crippen molar-refractivity contribution in [3.63, 3.8) is 0 Å². The molecule has 1 N–H and O–H groups in total. The van der Waals surface area contributed by atoms with E-state index < -0.39 is 0 Å². The summed E-state index contributed by atoms with van der Waals surface area (Å²) in [6.45, 7) is 2.97. The van der Waals surface area contributed by atoms with Crippen LogP contribution in [0.2, 0.25) is 0 Å². The highest BCUT2D eigenvalue weighted by Gasteiger charge is 2.14. The molecule has 0 saturated heterocycles. The molecule has 0 aromatic carbocycles. The number of hydrogen-bond donors (Lipinski definition) is 1. The van der Waals surface area contributed by atoms with Crippen LogP contribution in [0, 0.1) is 5.92 Å². The molecule has 0 heterocycles. The van der Waals surface area contributed by atoms with Gasteiger partial charge in [0.1, 0.15) is 0 Å². The van der Waals surface area contributed by atoms with E-state index in [2.05, 4.69) is 5.32 Å². The van der Waals surface area contributed by atoms with E-state index in [9.17, 15) is 0 Å². The van der Waals surface area contributed by atoms with Gasteiger partial charge in [0.05, 0.1) is 6.61 Å². The molecule has 2 nitrogen and oxygen atoms in total. The Morgan fingerprint density at radius 1 is 0.824 bits per heavy atom. The van der Waals surface area contributed by atoms with E-state index >= 15 is 0 Å². The lowest BCUT2D eigenvalue weighted by Gasteiger charge is -2.24. The maximum Gasteiger partial charge on any atom is 0.0591 e. The molecule has 2 heteroatoms. The van der Waals surface area contributed by atoms with E-state index in [0.29, 0.717) is 0 Å². The first-order valence-electron chi connectivity index (χ1n) is 7.76. The van der Waals surface area contributed by atoms with Gasteiger partial charge in [-0.15, -0.1) is 0 Å². The minimum absolute atomic E-state index is 0.780. The molecular weight excluding hydrogens is 210 g/mol. The topological polar surface area (TPSA) is 21.3 Å². The lowest BCUT2D eigenvalue weighted by molar-refractivity contribution is 0.0848. The van der Waals surface area contributed by atoms with Crippen molar-refractivity contribution in [2.45, 2.75) is 70.3 Å². The second-order valence-corrected chi connectivity index (χ2v) is 5.87. The van der Waals surface area contributed by atoms with Gasteiger partial charge in [-0.2, -0.15) is 0 Å². The van der Waals surface area contributed by atoms with Crippen molar-refractivity contribution in [3.8, 4) is 0 Å². The van der Waals surface area contributed by atoms with Crippen LogP contribution in [-0.4, -0.2) is 25.8 Å². The zero-order valence-electron chi connectivity index (χ0n) is 11.3. The van der Waals surface area contributed by atoms with Crippen LogP contribution < -0.4 is 5.32 Å². The van der Waals surface area contributed by atoms with Gasteiger partial charge >= 0.3 is 0 Å². The Kier molecular flexibility index (Phi) is 6.36. The predicted octanol–water partition coefficient (Wildman–Crippen LogP) is 3.51. The summed E-state index contributed by atoms with van der Waals surface area (Å²) in [7, 11) is 0.